The molecule has 3 aromatic rings. The van der Waals surface area contributed by atoms with E-state index in [2.05, 4.69) is 4.99 Å². The highest BCUT2D eigenvalue weighted by molar-refractivity contribution is 5.77. The number of hydrogen-bond donors (Lipinski definition) is 0. The Bertz CT molecular complexity index is 920. The number of hydrogen-bond acceptors (Lipinski definition) is 4. The maximum Gasteiger partial charge on any atom is 0.409 e. The van der Waals surface area contributed by atoms with Crippen LogP contribution >= 0.6 is 0 Å². The van der Waals surface area contributed by atoms with Gasteiger partial charge in [0, 0.05) is 23.6 Å². The van der Waals surface area contributed by atoms with Crippen molar-refractivity contribution < 1.29 is 8.98 Å². The summed E-state index contributed by atoms with van der Waals surface area (Å²) in [5.74, 6) is 0. The summed E-state index contributed by atoms with van der Waals surface area (Å²) in [6.45, 7) is 0. The quantitative estimate of drug-likeness (QED) is 0.298. The molecule has 0 aliphatic heterocycles. The number of pyridine rings is 1. The molecule has 2 aromatic heterocycles. The highest BCUT2D eigenvalue weighted by atomic mass is 16.4. The van der Waals surface area contributed by atoms with Gasteiger partial charge in [-0.3, -0.25) is 0 Å². The molecule has 0 spiro atoms. The molecule has 0 aliphatic carbocycles. The van der Waals surface area contributed by atoms with Crippen molar-refractivity contribution in [1.29, 1.82) is 5.26 Å². The van der Waals surface area contributed by atoms with Crippen LogP contribution in [-0.4, -0.2) is 6.01 Å². The lowest BCUT2D eigenvalue weighted by Gasteiger charge is -1.97. The molecule has 0 atom stereocenters. The highest BCUT2D eigenvalue weighted by Gasteiger charge is 2.13. The smallest absolute Gasteiger partial charge is 0.409 e. The SMILES string of the molecule is N#CN=C=[N-].O=c1oc2ccccc2cc1-[n+]1ccccc1. The maximum atomic E-state index is 11.8. The summed E-state index contributed by atoms with van der Waals surface area (Å²) in [7, 11) is 0. The molecular formula is C16H10N4O2. The van der Waals surface area contributed by atoms with Crippen LogP contribution in [0.15, 0.2) is 75.1 Å². The summed E-state index contributed by atoms with van der Waals surface area (Å²) in [4.78, 5) is 14.4. The van der Waals surface area contributed by atoms with Crippen LogP contribution in [0.25, 0.3) is 22.1 Å². The standard InChI is InChI=1S/C14H10NO2.C2N3/c16-14-12(15-8-4-1-5-9-15)10-11-6-2-3-7-13(11)17-14;3-1-5-2-4/h1-10H;/q+1;-1. The van der Waals surface area contributed by atoms with Crippen molar-refractivity contribution in [3.8, 4) is 11.9 Å². The number of aromatic nitrogens is 1. The van der Waals surface area contributed by atoms with Crippen molar-refractivity contribution in [2.24, 2.45) is 4.99 Å². The van der Waals surface area contributed by atoms with Gasteiger partial charge < -0.3 is 14.8 Å². The molecule has 6 heteroatoms. The molecule has 0 fully saturated rings. The van der Waals surface area contributed by atoms with Gasteiger partial charge in [-0.2, -0.15) is 9.83 Å². The summed E-state index contributed by atoms with van der Waals surface area (Å²) in [6.07, 6.45) is 4.92. The molecule has 0 unspecified atom stereocenters. The van der Waals surface area contributed by atoms with E-state index in [0.29, 0.717) is 11.3 Å². The molecular weight excluding hydrogens is 280 g/mol. The van der Waals surface area contributed by atoms with E-state index in [-0.39, 0.29) is 5.63 Å². The van der Waals surface area contributed by atoms with Crippen molar-refractivity contribution >= 4 is 17.0 Å². The first-order valence-electron chi connectivity index (χ1n) is 6.23. The fourth-order valence-corrected chi connectivity index (χ4v) is 1.81. The van der Waals surface area contributed by atoms with Gasteiger partial charge in [0.25, 0.3) is 5.69 Å². The Morgan fingerprint density at radius 1 is 1.14 bits per heavy atom. The maximum absolute atomic E-state index is 11.8. The van der Waals surface area contributed by atoms with Crippen LogP contribution < -0.4 is 10.2 Å². The lowest BCUT2D eigenvalue weighted by atomic mass is 10.2. The van der Waals surface area contributed by atoms with Crippen LogP contribution in [0, 0.1) is 11.5 Å². The molecule has 0 saturated carbocycles. The minimum absolute atomic E-state index is 0.333. The number of rotatable bonds is 1. The Morgan fingerprint density at radius 2 is 1.86 bits per heavy atom. The van der Waals surface area contributed by atoms with Crippen LogP contribution in [0.5, 0.6) is 0 Å². The van der Waals surface area contributed by atoms with Gasteiger partial charge in [0.05, 0.1) is 6.19 Å². The Morgan fingerprint density at radius 3 is 2.50 bits per heavy atom. The fraction of sp³-hybridized carbons (Fsp3) is 0. The summed E-state index contributed by atoms with van der Waals surface area (Å²) < 4.78 is 7.02. The van der Waals surface area contributed by atoms with Crippen LogP contribution in [0.1, 0.15) is 0 Å². The molecule has 0 radical (unpaired) electrons. The predicted octanol–water partition coefficient (Wildman–Crippen LogP) is 2.28. The second kappa shape index (κ2) is 7.29. The molecule has 2 heterocycles. The second-order valence-electron chi connectivity index (χ2n) is 4.05. The zero-order valence-corrected chi connectivity index (χ0v) is 11.4. The van der Waals surface area contributed by atoms with Crippen LogP contribution in [0.2, 0.25) is 0 Å². The largest absolute Gasteiger partial charge is 0.422 e. The highest BCUT2D eigenvalue weighted by Crippen LogP contribution is 2.12. The zero-order chi connectivity index (χ0) is 15.8. The first-order valence-corrected chi connectivity index (χ1v) is 6.23. The normalized spacial score (nSPS) is 9.05. The van der Waals surface area contributed by atoms with Gasteiger partial charge >= 0.3 is 5.63 Å². The van der Waals surface area contributed by atoms with Gasteiger partial charge in [0.2, 0.25) is 0 Å². The van der Waals surface area contributed by atoms with E-state index < -0.39 is 0 Å². The van der Waals surface area contributed by atoms with Gasteiger partial charge in [-0.25, -0.2) is 4.79 Å². The molecule has 106 valence electrons. The summed E-state index contributed by atoms with van der Waals surface area (Å²) in [6, 6.07) is 16.2. The van der Waals surface area contributed by atoms with Crippen LogP contribution in [0.3, 0.4) is 0 Å². The number of nitriles is 1. The third-order valence-corrected chi connectivity index (χ3v) is 2.72. The van der Waals surface area contributed by atoms with Crippen molar-refractivity contribution in [3.05, 3.63) is 76.8 Å². The van der Waals surface area contributed by atoms with E-state index in [1.54, 1.807) is 10.6 Å². The monoisotopic (exact) mass is 290 g/mol. The average Bonchev–Trinajstić information content (AvgIpc) is 2.56. The molecule has 0 aliphatic rings. The first kappa shape index (κ1) is 14.9. The minimum Gasteiger partial charge on any atom is -0.422 e. The number of nitrogens with zero attached hydrogens (tertiary/aromatic N) is 4. The topological polar surface area (TPSA) is 92.5 Å². The Hall–Kier alpha value is -3.55. The van der Waals surface area contributed by atoms with Crippen molar-refractivity contribution in [2.75, 3.05) is 0 Å². The predicted molar refractivity (Wildman–Crippen MR) is 80.4 cm³/mol. The number of aliphatic imine (C=N–C) groups is 1. The van der Waals surface area contributed by atoms with E-state index in [9.17, 15) is 4.79 Å². The lowest BCUT2D eigenvalue weighted by Crippen LogP contribution is -2.35. The third-order valence-electron chi connectivity index (χ3n) is 2.72. The number of fused-ring (bicyclic) bond motifs is 1. The number of benzene rings is 1. The van der Waals surface area contributed by atoms with Crippen molar-refractivity contribution in [3.63, 3.8) is 0 Å². The van der Waals surface area contributed by atoms with Crippen molar-refractivity contribution in [2.45, 2.75) is 0 Å². The van der Waals surface area contributed by atoms with E-state index in [0.717, 1.165) is 5.39 Å². The van der Waals surface area contributed by atoms with E-state index in [1.807, 2.05) is 54.9 Å². The molecule has 3 rings (SSSR count). The molecule has 6 nitrogen and oxygen atoms in total. The zero-order valence-electron chi connectivity index (χ0n) is 11.4. The first-order chi connectivity index (χ1) is 10.8. The van der Waals surface area contributed by atoms with E-state index in [1.165, 1.54) is 12.2 Å². The van der Waals surface area contributed by atoms with Gasteiger partial charge in [0.1, 0.15) is 5.58 Å². The van der Waals surface area contributed by atoms with Crippen molar-refractivity contribution in [1.82, 2.24) is 0 Å². The van der Waals surface area contributed by atoms with Crippen LogP contribution in [0.4, 0.5) is 0 Å². The molecule has 0 saturated heterocycles. The average molecular weight is 290 g/mol. The van der Waals surface area contributed by atoms with E-state index >= 15 is 0 Å². The lowest BCUT2D eigenvalue weighted by molar-refractivity contribution is -0.597. The number of para-hydroxylation sites is 1. The van der Waals surface area contributed by atoms with Gasteiger partial charge in [-0.05, 0) is 6.07 Å². The van der Waals surface area contributed by atoms with E-state index in [4.69, 9.17) is 15.1 Å². The summed E-state index contributed by atoms with van der Waals surface area (Å²) >= 11 is 0. The second-order valence-corrected chi connectivity index (χ2v) is 4.05. The summed E-state index contributed by atoms with van der Waals surface area (Å²) in [5.41, 5.74) is 0.794. The Balaban J connectivity index is 0.000000309. The Labute approximate surface area is 125 Å². The molecule has 1 aromatic carbocycles. The van der Waals surface area contributed by atoms with Gasteiger partial charge in [-0.1, -0.05) is 24.3 Å². The molecule has 0 amide bonds. The molecule has 22 heavy (non-hydrogen) atoms. The molecule has 0 bridgehead atoms. The third kappa shape index (κ3) is 3.51. The van der Waals surface area contributed by atoms with Crippen LogP contribution in [-0.2, 0) is 0 Å². The van der Waals surface area contributed by atoms with Gasteiger partial charge in [0.15, 0.2) is 12.4 Å². The summed E-state index contributed by atoms with van der Waals surface area (Å²) in [5, 5.41) is 15.8. The fourth-order valence-electron chi connectivity index (χ4n) is 1.81. The Kier molecular flexibility index (Phi) is 4.92. The van der Waals surface area contributed by atoms with Gasteiger partial charge in [-0.15, -0.1) is 6.01 Å². The minimum atomic E-state index is -0.333. The molecule has 0 N–H and O–H groups in total.